The van der Waals surface area contributed by atoms with Crippen molar-refractivity contribution in [1.29, 1.82) is 0 Å². The predicted molar refractivity (Wildman–Crippen MR) is 64.5 cm³/mol. The van der Waals surface area contributed by atoms with Gasteiger partial charge in [0.25, 0.3) is 0 Å². The van der Waals surface area contributed by atoms with Crippen LogP contribution in [0.3, 0.4) is 0 Å². The molecule has 4 nitrogen and oxygen atoms in total. The average molecular weight is 373 g/mol. The Morgan fingerprint density at radius 2 is 1.84 bits per heavy atom. The van der Waals surface area contributed by atoms with E-state index >= 15 is 0 Å². The van der Waals surface area contributed by atoms with Crippen molar-refractivity contribution in [2.45, 2.75) is 32.9 Å². The third-order valence-electron chi connectivity index (χ3n) is 3.05. The van der Waals surface area contributed by atoms with Crippen LogP contribution in [0.1, 0.15) is 20.8 Å². The zero-order valence-corrected chi connectivity index (χ0v) is 13.3. The molecule has 0 radical (unpaired) electrons. The average Bonchev–Trinajstić information content (AvgIpc) is 2.50. The van der Waals surface area contributed by atoms with E-state index in [2.05, 4.69) is 0 Å². The Morgan fingerprint density at radius 3 is 2.37 bits per heavy atom. The van der Waals surface area contributed by atoms with Crippen LogP contribution in [0.4, 0.5) is 0 Å². The third-order valence-corrected chi connectivity index (χ3v) is 3.05. The topological polar surface area (TPSA) is 47.2 Å². The van der Waals surface area contributed by atoms with E-state index in [1.807, 2.05) is 35.2 Å². The highest BCUT2D eigenvalue weighted by atomic mass is 127. The Morgan fingerprint density at radius 1 is 1.26 bits per heavy atom. The van der Waals surface area contributed by atoms with Gasteiger partial charge in [0.1, 0.15) is 11.2 Å². The number of ketones is 1. The van der Waals surface area contributed by atoms with Crippen LogP contribution in [0.25, 0.3) is 0 Å². The molecule has 2 rings (SSSR count). The molecular formula is C14H16INO3. The number of carbonyl (C=O) groups excluding carboxylic acids is 2. The van der Waals surface area contributed by atoms with Gasteiger partial charge in [-0.1, -0.05) is 6.07 Å². The Bertz CT molecular complexity index is 535. The van der Waals surface area contributed by atoms with E-state index in [1.165, 1.54) is 6.92 Å². The van der Waals surface area contributed by atoms with E-state index in [1.54, 1.807) is 13.8 Å². The van der Waals surface area contributed by atoms with Crippen molar-refractivity contribution in [2.24, 2.45) is 0 Å². The Hall–Kier alpha value is -1.24. The molecule has 1 aliphatic heterocycles. The molecule has 19 heavy (non-hydrogen) atoms. The van der Waals surface area contributed by atoms with Crippen LogP contribution in [0, 0.1) is 0 Å². The molecule has 1 aliphatic rings. The second-order valence-corrected chi connectivity index (χ2v) is 4.86. The molecule has 0 aliphatic carbocycles. The van der Waals surface area contributed by atoms with Crippen molar-refractivity contribution in [2.75, 3.05) is 0 Å². The summed E-state index contributed by atoms with van der Waals surface area (Å²) >= 11 is 0. The Kier molecular flexibility index (Phi) is 4.84. The van der Waals surface area contributed by atoms with Gasteiger partial charge < -0.3 is 28.7 Å². The molecule has 0 atom stereocenters. The van der Waals surface area contributed by atoms with Gasteiger partial charge in [-0.25, -0.2) is 9.36 Å². The maximum atomic E-state index is 11.7. The van der Waals surface area contributed by atoms with Crippen LogP contribution in [-0.4, -0.2) is 17.4 Å². The number of cyclic esters (lactones) is 1. The highest BCUT2D eigenvalue weighted by Crippen LogP contribution is 2.32. The van der Waals surface area contributed by atoms with Gasteiger partial charge in [0.15, 0.2) is 24.7 Å². The molecule has 2 heterocycles. The minimum absolute atomic E-state index is 0. The van der Waals surface area contributed by atoms with Crippen LogP contribution in [0.15, 0.2) is 41.7 Å². The number of hydrogen-bond acceptors (Lipinski definition) is 3. The lowest BCUT2D eigenvalue weighted by Gasteiger charge is -2.19. The summed E-state index contributed by atoms with van der Waals surface area (Å²) in [5.74, 6) is -0.754. The Labute approximate surface area is 129 Å². The molecule has 0 aromatic carbocycles. The van der Waals surface area contributed by atoms with Crippen molar-refractivity contribution >= 4 is 11.8 Å². The summed E-state index contributed by atoms with van der Waals surface area (Å²) in [6.07, 6.45) is 3.78. The minimum Gasteiger partial charge on any atom is -1.00 e. The fourth-order valence-corrected chi connectivity index (χ4v) is 2.12. The second kappa shape index (κ2) is 5.81. The van der Waals surface area contributed by atoms with E-state index in [0.717, 1.165) is 5.57 Å². The van der Waals surface area contributed by atoms with Gasteiger partial charge in [-0.2, -0.15) is 0 Å². The summed E-state index contributed by atoms with van der Waals surface area (Å²) in [6, 6.07) is 5.72. The number of rotatable bonds is 3. The first-order valence-corrected chi connectivity index (χ1v) is 5.84. The first kappa shape index (κ1) is 15.8. The van der Waals surface area contributed by atoms with Gasteiger partial charge >= 0.3 is 5.97 Å². The smallest absolute Gasteiger partial charge is 0.342 e. The predicted octanol–water partition coefficient (Wildman–Crippen LogP) is -1.80. The minimum atomic E-state index is -0.721. The second-order valence-electron chi connectivity index (χ2n) is 4.86. The molecule has 0 spiro atoms. The van der Waals surface area contributed by atoms with Crippen LogP contribution in [0.2, 0.25) is 0 Å². The van der Waals surface area contributed by atoms with Crippen LogP contribution in [0.5, 0.6) is 0 Å². The SMILES string of the molecule is CC(=O)C1=C(C[n+]2ccccc2)C(C)(C)OC1=O.[I-]. The van der Waals surface area contributed by atoms with Crippen molar-refractivity contribution in [3.05, 3.63) is 41.7 Å². The number of nitrogens with zero attached hydrogens (tertiary/aromatic N) is 1. The standard InChI is InChI=1S/C14H16NO3.HI/c1-10(16)12-11(14(2,3)18-13(12)17)9-15-7-5-4-6-8-15;/h4-8H,9H2,1-3H3;1H/q+1;/p-1. The van der Waals surface area contributed by atoms with Gasteiger partial charge in [-0.3, -0.25) is 4.79 Å². The summed E-state index contributed by atoms with van der Waals surface area (Å²) in [7, 11) is 0. The molecule has 5 heteroatoms. The number of carbonyl (C=O) groups is 2. The summed E-state index contributed by atoms with van der Waals surface area (Å²) in [4.78, 5) is 23.3. The quantitative estimate of drug-likeness (QED) is 0.272. The number of aromatic nitrogens is 1. The van der Waals surface area contributed by atoms with Crippen molar-refractivity contribution in [3.63, 3.8) is 0 Å². The molecule has 102 valence electrons. The lowest BCUT2D eigenvalue weighted by Crippen LogP contribution is -3.00. The molecule has 0 unspecified atom stereocenters. The monoisotopic (exact) mass is 373 g/mol. The van der Waals surface area contributed by atoms with Crippen molar-refractivity contribution in [1.82, 2.24) is 0 Å². The highest BCUT2D eigenvalue weighted by Gasteiger charge is 2.43. The number of ether oxygens (including phenoxy) is 1. The zero-order chi connectivity index (χ0) is 13.3. The van der Waals surface area contributed by atoms with Crippen molar-refractivity contribution < 1.29 is 42.9 Å². The Balaban J connectivity index is 0.00000180. The molecule has 1 aromatic heterocycles. The third kappa shape index (κ3) is 3.20. The molecule has 0 N–H and O–H groups in total. The lowest BCUT2D eigenvalue weighted by molar-refractivity contribution is -0.689. The fourth-order valence-electron chi connectivity index (χ4n) is 2.12. The molecule has 0 saturated carbocycles. The van der Waals surface area contributed by atoms with Crippen LogP contribution < -0.4 is 28.5 Å². The van der Waals surface area contributed by atoms with Gasteiger partial charge in [-0.15, -0.1) is 0 Å². The largest absolute Gasteiger partial charge is 1.00 e. The highest BCUT2D eigenvalue weighted by molar-refractivity contribution is 6.18. The summed E-state index contributed by atoms with van der Waals surface area (Å²) in [5.41, 5.74) is 0.202. The number of halogens is 1. The number of hydrogen-bond donors (Lipinski definition) is 0. The van der Waals surface area contributed by atoms with Gasteiger partial charge in [0.05, 0.1) is 5.57 Å². The molecule has 0 saturated heterocycles. The number of esters is 1. The lowest BCUT2D eigenvalue weighted by atomic mass is 9.94. The van der Waals surface area contributed by atoms with E-state index in [0.29, 0.717) is 6.54 Å². The maximum absolute atomic E-state index is 11.7. The molecule has 0 bridgehead atoms. The first-order valence-electron chi connectivity index (χ1n) is 5.84. The van der Waals surface area contributed by atoms with Gasteiger partial charge in [0.2, 0.25) is 0 Å². The van der Waals surface area contributed by atoms with E-state index < -0.39 is 11.6 Å². The van der Waals surface area contributed by atoms with Gasteiger partial charge in [0, 0.05) is 12.1 Å². The number of pyridine rings is 1. The van der Waals surface area contributed by atoms with E-state index in [9.17, 15) is 9.59 Å². The maximum Gasteiger partial charge on any atom is 0.342 e. The molecule has 0 amide bonds. The summed E-state index contributed by atoms with van der Waals surface area (Å²) < 4.78 is 7.18. The van der Waals surface area contributed by atoms with Crippen LogP contribution >= 0.6 is 0 Å². The van der Waals surface area contributed by atoms with Gasteiger partial charge in [-0.05, 0) is 20.8 Å². The molecular weight excluding hydrogens is 357 g/mol. The van der Waals surface area contributed by atoms with E-state index in [4.69, 9.17) is 4.74 Å². The molecule has 0 fully saturated rings. The van der Waals surface area contributed by atoms with Crippen molar-refractivity contribution in [3.8, 4) is 0 Å². The zero-order valence-electron chi connectivity index (χ0n) is 11.1. The van der Waals surface area contributed by atoms with Crippen LogP contribution in [-0.2, 0) is 20.9 Å². The normalized spacial score (nSPS) is 16.9. The fraction of sp³-hybridized carbons (Fsp3) is 0.357. The first-order chi connectivity index (χ1) is 8.42. The number of Topliss-reactive ketones (excluding diaryl/α,β-unsaturated/α-hetero) is 1. The molecule has 1 aromatic rings. The summed E-state index contributed by atoms with van der Waals surface area (Å²) in [6.45, 7) is 5.49. The summed E-state index contributed by atoms with van der Waals surface area (Å²) in [5, 5.41) is 0. The van der Waals surface area contributed by atoms with E-state index in [-0.39, 0.29) is 35.3 Å².